The van der Waals surface area contributed by atoms with Crippen LogP contribution in [0.4, 0.5) is 26.2 Å². The van der Waals surface area contributed by atoms with Gasteiger partial charge in [0.05, 0.1) is 0 Å². The van der Waals surface area contributed by atoms with Crippen LogP contribution < -0.4 is 15.5 Å². The van der Waals surface area contributed by atoms with Crippen molar-refractivity contribution in [3.05, 3.63) is 89.7 Å². The molecule has 0 unspecified atom stereocenters. The second-order valence-corrected chi connectivity index (χ2v) is 6.86. The number of carbonyl (C=O) groups excluding carboxylic acids is 2. The van der Waals surface area contributed by atoms with Gasteiger partial charge >= 0.3 is 6.03 Å². The largest absolute Gasteiger partial charge is 0.323 e. The summed E-state index contributed by atoms with van der Waals surface area (Å²) in [4.78, 5) is 27.0. The molecule has 29 heavy (non-hydrogen) atoms. The molecule has 3 amide bonds. The first kappa shape index (κ1) is 18.7. The number of benzene rings is 3. The summed E-state index contributed by atoms with van der Waals surface area (Å²) in [6.07, 6.45) is 1.78. The molecule has 0 saturated heterocycles. The van der Waals surface area contributed by atoms with Gasteiger partial charge in [0.25, 0.3) is 5.91 Å². The predicted octanol–water partition coefficient (Wildman–Crippen LogP) is 5.06. The Hall–Kier alpha value is -3.67. The van der Waals surface area contributed by atoms with E-state index in [1.165, 1.54) is 24.3 Å². The lowest BCUT2D eigenvalue weighted by atomic mass is 10.00. The zero-order valence-electron chi connectivity index (χ0n) is 15.7. The molecule has 5 nitrogen and oxygen atoms in total. The Morgan fingerprint density at radius 2 is 1.55 bits per heavy atom. The van der Waals surface area contributed by atoms with Crippen molar-refractivity contribution in [3.63, 3.8) is 0 Å². The van der Waals surface area contributed by atoms with Crippen molar-refractivity contribution in [2.24, 2.45) is 0 Å². The van der Waals surface area contributed by atoms with Crippen molar-refractivity contribution in [2.75, 3.05) is 22.1 Å². The van der Waals surface area contributed by atoms with Gasteiger partial charge in [0.1, 0.15) is 5.82 Å². The molecular formula is C23H20FN3O2. The molecule has 2 N–H and O–H groups in total. The fourth-order valence-electron chi connectivity index (χ4n) is 3.43. The highest BCUT2D eigenvalue weighted by Gasteiger charge is 2.24. The fourth-order valence-corrected chi connectivity index (χ4v) is 3.43. The van der Waals surface area contributed by atoms with Gasteiger partial charge in [-0.3, -0.25) is 4.79 Å². The van der Waals surface area contributed by atoms with Gasteiger partial charge in [0, 0.05) is 29.2 Å². The van der Waals surface area contributed by atoms with Gasteiger partial charge < -0.3 is 15.5 Å². The normalized spacial score (nSPS) is 12.8. The molecule has 0 aliphatic carbocycles. The van der Waals surface area contributed by atoms with E-state index in [0.29, 0.717) is 23.5 Å². The van der Waals surface area contributed by atoms with E-state index in [9.17, 15) is 14.0 Å². The maximum absolute atomic E-state index is 13.0. The number of hydrogen-bond acceptors (Lipinski definition) is 2. The minimum absolute atomic E-state index is 0.0561. The summed E-state index contributed by atoms with van der Waals surface area (Å²) in [5, 5.41) is 5.43. The van der Waals surface area contributed by atoms with Crippen molar-refractivity contribution >= 4 is 29.0 Å². The van der Waals surface area contributed by atoms with E-state index in [1.807, 2.05) is 36.4 Å². The van der Waals surface area contributed by atoms with Crippen LogP contribution in [0.2, 0.25) is 0 Å². The molecule has 0 bridgehead atoms. The molecule has 6 heteroatoms. The molecule has 0 spiro atoms. The van der Waals surface area contributed by atoms with Gasteiger partial charge in [-0.1, -0.05) is 24.3 Å². The third kappa shape index (κ3) is 4.27. The van der Waals surface area contributed by atoms with Crippen molar-refractivity contribution < 1.29 is 14.0 Å². The Bertz CT molecular complexity index is 1040. The van der Waals surface area contributed by atoms with Gasteiger partial charge in [-0.05, 0) is 66.9 Å². The molecule has 3 aromatic carbocycles. The van der Waals surface area contributed by atoms with E-state index >= 15 is 0 Å². The van der Waals surface area contributed by atoms with Crippen LogP contribution in [0.1, 0.15) is 22.3 Å². The smallest absolute Gasteiger partial charge is 0.308 e. The number of aryl methyl sites for hydroxylation is 1. The Labute approximate surface area is 168 Å². The van der Waals surface area contributed by atoms with Gasteiger partial charge in [-0.15, -0.1) is 0 Å². The second-order valence-electron chi connectivity index (χ2n) is 6.86. The molecule has 4 rings (SSSR count). The summed E-state index contributed by atoms with van der Waals surface area (Å²) in [6, 6.07) is 19.8. The molecule has 3 aromatic rings. The summed E-state index contributed by atoms with van der Waals surface area (Å²) in [5.74, 6) is -0.423. The molecule has 0 radical (unpaired) electrons. The Balaban J connectivity index is 1.52. The number of nitrogens with zero attached hydrogens (tertiary/aromatic N) is 1. The lowest BCUT2D eigenvalue weighted by Gasteiger charge is -2.30. The summed E-state index contributed by atoms with van der Waals surface area (Å²) in [6.45, 7) is 0.631. The number of amides is 3. The minimum atomic E-state index is -0.437. The van der Waals surface area contributed by atoms with Crippen LogP contribution in [0.15, 0.2) is 72.8 Å². The third-order valence-corrected chi connectivity index (χ3v) is 4.83. The summed E-state index contributed by atoms with van der Waals surface area (Å²) in [7, 11) is 0. The lowest BCUT2D eigenvalue weighted by molar-refractivity contribution is 0.0985. The average Bonchev–Trinajstić information content (AvgIpc) is 2.75. The van der Waals surface area contributed by atoms with E-state index in [-0.39, 0.29) is 11.7 Å². The van der Waals surface area contributed by atoms with Crippen molar-refractivity contribution in [3.8, 4) is 0 Å². The standard InChI is InChI=1S/C23H20FN3O2/c24-18-9-12-19(13-10-18)25-23(29)26-20-11-8-16-7-4-14-27(21(16)15-20)22(28)17-5-2-1-3-6-17/h1-3,5-6,8-13,15H,4,7,14H2,(H2,25,26,29). The van der Waals surface area contributed by atoms with Crippen LogP contribution in [-0.4, -0.2) is 18.5 Å². The molecule has 146 valence electrons. The zero-order chi connectivity index (χ0) is 20.2. The van der Waals surface area contributed by atoms with Crippen LogP contribution in [0.3, 0.4) is 0 Å². The maximum atomic E-state index is 13.0. The highest BCUT2D eigenvalue weighted by molar-refractivity contribution is 6.07. The number of hydrogen-bond donors (Lipinski definition) is 2. The van der Waals surface area contributed by atoms with Crippen molar-refractivity contribution in [2.45, 2.75) is 12.8 Å². The average molecular weight is 389 g/mol. The molecule has 1 aliphatic rings. The van der Waals surface area contributed by atoms with E-state index in [2.05, 4.69) is 10.6 Å². The maximum Gasteiger partial charge on any atom is 0.323 e. The van der Waals surface area contributed by atoms with Crippen LogP contribution in [0.25, 0.3) is 0 Å². The molecule has 0 fully saturated rings. The molecule has 1 aliphatic heterocycles. The Morgan fingerprint density at radius 1 is 0.862 bits per heavy atom. The topological polar surface area (TPSA) is 61.4 Å². The molecule has 0 aromatic heterocycles. The SMILES string of the molecule is O=C(Nc1ccc(F)cc1)Nc1ccc2c(c1)N(C(=O)c1ccccc1)CCC2. The number of anilines is 3. The summed E-state index contributed by atoms with van der Waals surface area (Å²) < 4.78 is 13.0. The number of urea groups is 1. The van der Waals surface area contributed by atoms with E-state index in [1.54, 1.807) is 17.0 Å². The van der Waals surface area contributed by atoms with Crippen LogP contribution in [0.5, 0.6) is 0 Å². The molecule has 1 heterocycles. The molecule has 0 saturated carbocycles. The van der Waals surface area contributed by atoms with Gasteiger partial charge in [0.2, 0.25) is 0 Å². The number of fused-ring (bicyclic) bond motifs is 1. The Morgan fingerprint density at radius 3 is 2.31 bits per heavy atom. The monoisotopic (exact) mass is 389 g/mol. The van der Waals surface area contributed by atoms with E-state index in [0.717, 1.165) is 24.1 Å². The van der Waals surface area contributed by atoms with Crippen molar-refractivity contribution in [1.29, 1.82) is 0 Å². The van der Waals surface area contributed by atoms with Gasteiger partial charge in [0.15, 0.2) is 0 Å². The first-order valence-corrected chi connectivity index (χ1v) is 9.43. The number of rotatable bonds is 3. The molecular weight excluding hydrogens is 369 g/mol. The predicted molar refractivity (Wildman–Crippen MR) is 112 cm³/mol. The van der Waals surface area contributed by atoms with E-state index < -0.39 is 6.03 Å². The summed E-state index contributed by atoms with van der Waals surface area (Å²) >= 11 is 0. The van der Waals surface area contributed by atoms with E-state index in [4.69, 9.17) is 0 Å². The third-order valence-electron chi connectivity index (χ3n) is 4.83. The highest BCUT2D eigenvalue weighted by Crippen LogP contribution is 2.31. The van der Waals surface area contributed by atoms with Gasteiger partial charge in [-0.25, -0.2) is 9.18 Å². The lowest BCUT2D eigenvalue weighted by Crippen LogP contribution is -2.35. The van der Waals surface area contributed by atoms with Crippen LogP contribution >= 0.6 is 0 Å². The minimum Gasteiger partial charge on any atom is -0.308 e. The van der Waals surface area contributed by atoms with Crippen LogP contribution in [0, 0.1) is 5.82 Å². The Kier molecular flexibility index (Phi) is 5.24. The number of halogens is 1. The highest BCUT2D eigenvalue weighted by atomic mass is 19.1. The zero-order valence-corrected chi connectivity index (χ0v) is 15.7. The first-order chi connectivity index (χ1) is 14.1. The molecule has 0 atom stereocenters. The fraction of sp³-hybridized carbons (Fsp3) is 0.130. The van der Waals surface area contributed by atoms with Crippen LogP contribution in [-0.2, 0) is 6.42 Å². The summed E-state index contributed by atoms with van der Waals surface area (Å²) in [5.41, 5.74) is 3.58. The van der Waals surface area contributed by atoms with Crippen molar-refractivity contribution in [1.82, 2.24) is 0 Å². The quantitative estimate of drug-likeness (QED) is 0.658. The van der Waals surface area contributed by atoms with Gasteiger partial charge in [-0.2, -0.15) is 0 Å². The number of carbonyl (C=O) groups is 2. The number of nitrogens with one attached hydrogen (secondary N) is 2. The first-order valence-electron chi connectivity index (χ1n) is 9.43. The second kappa shape index (κ2) is 8.14.